The Morgan fingerprint density at radius 2 is 1.80 bits per heavy atom. The van der Waals surface area contributed by atoms with Gasteiger partial charge in [0.1, 0.15) is 17.7 Å². The number of fused-ring (bicyclic) bond motifs is 1. The van der Waals surface area contributed by atoms with Crippen molar-refractivity contribution in [3.8, 4) is 28.7 Å². The van der Waals surface area contributed by atoms with Gasteiger partial charge in [-0.25, -0.2) is 19.9 Å². The highest BCUT2D eigenvalue weighted by Gasteiger charge is 2.37. The van der Waals surface area contributed by atoms with Crippen molar-refractivity contribution in [2.45, 2.75) is 50.4 Å². The molecular weight excluding hydrogens is 523 g/mol. The first-order valence-electron chi connectivity index (χ1n) is 13.0. The first-order valence-corrected chi connectivity index (χ1v) is 13.0. The van der Waals surface area contributed by atoms with Gasteiger partial charge in [0.2, 0.25) is 11.8 Å². The third-order valence-corrected chi connectivity index (χ3v) is 7.10. The van der Waals surface area contributed by atoms with E-state index in [-0.39, 0.29) is 6.04 Å². The Hall–Kier alpha value is -4.55. The highest BCUT2D eigenvalue weighted by molar-refractivity contribution is 5.68. The fourth-order valence-electron chi connectivity index (χ4n) is 4.79. The minimum atomic E-state index is -4.48. The smallest absolute Gasteiger partial charge is 0.434 e. The number of hydrogen-bond acceptors (Lipinski definition) is 8. The molecule has 204 valence electrons. The Morgan fingerprint density at radius 1 is 1.00 bits per heavy atom. The fraction of sp³-hybridized carbons (Fsp3) is 0.333. The molecule has 13 heteroatoms. The molecule has 2 aliphatic carbocycles. The van der Waals surface area contributed by atoms with Crippen LogP contribution in [0, 0.1) is 0 Å². The number of rotatable bonds is 8. The molecule has 0 atom stereocenters. The molecule has 5 aromatic rings. The summed E-state index contributed by atoms with van der Waals surface area (Å²) in [5.41, 5.74) is 2.82. The summed E-state index contributed by atoms with van der Waals surface area (Å²) in [6, 6.07) is 9.17. The zero-order valence-corrected chi connectivity index (χ0v) is 21.4. The van der Waals surface area contributed by atoms with Crippen LogP contribution < -0.4 is 10.1 Å². The van der Waals surface area contributed by atoms with E-state index >= 15 is 0 Å². The molecule has 0 spiro atoms. The third-order valence-electron chi connectivity index (χ3n) is 7.10. The molecule has 2 saturated carbocycles. The highest BCUT2D eigenvalue weighted by atomic mass is 19.4. The Labute approximate surface area is 226 Å². The van der Waals surface area contributed by atoms with Crippen LogP contribution >= 0.6 is 0 Å². The second-order valence-corrected chi connectivity index (χ2v) is 10.0. The average molecular weight is 548 g/mol. The van der Waals surface area contributed by atoms with Gasteiger partial charge < -0.3 is 14.6 Å². The van der Waals surface area contributed by atoms with Crippen LogP contribution in [0.3, 0.4) is 0 Å². The number of nitrogens with zero attached hydrogens (tertiary/aromatic N) is 8. The van der Waals surface area contributed by atoms with Gasteiger partial charge in [0.25, 0.3) is 0 Å². The maximum Gasteiger partial charge on any atom is 0.434 e. The van der Waals surface area contributed by atoms with Gasteiger partial charge in [-0.1, -0.05) is 24.3 Å². The zero-order chi connectivity index (χ0) is 27.4. The number of imidazole rings is 1. The summed E-state index contributed by atoms with van der Waals surface area (Å²) < 4.78 is 48.7. The molecular formula is C27H24F3N9O. The van der Waals surface area contributed by atoms with Gasteiger partial charge in [-0.2, -0.15) is 27.8 Å². The van der Waals surface area contributed by atoms with Crippen LogP contribution in [0.2, 0.25) is 0 Å². The Morgan fingerprint density at radius 3 is 2.50 bits per heavy atom. The molecule has 0 unspecified atom stereocenters. The predicted octanol–water partition coefficient (Wildman–Crippen LogP) is 5.30. The molecule has 0 bridgehead atoms. The van der Waals surface area contributed by atoms with Crippen molar-refractivity contribution in [3.05, 3.63) is 66.0 Å². The van der Waals surface area contributed by atoms with Crippen molar-refractivity contribution >= 4 is 11.6 Å². The van der Waals surface area contributed by atoms with E-state index in [9.17, 15) is 13.2 Å². The van der Waals surface area contributed by atoms with Gasteiger partial charge in [0.05, 0.1) is 19.0 Å². The number of anilines is 1. The quantitative estimate of drug-likeness (QED) is 0.279. The second-order valence-electron chi connectivity index (χ2n) is 10.0. The summed E-state index contributed by atoms with van der Waals surface area (Å²) in [6.07, 6.45) is 3.57. The first kappa shape index (κ1) is 24.5. The van der Waals surface area contributed by atoms with Gasteiger partial charge in [-0.3, -0.25) is 0 Å². The Balaban J connectivity index is 1.17. The van der Waals surface area contributed by atoms with Crippen LogP contribution in [-0.4, -0.2) is 46.2 Å². The standard InChI is InChI=1S/C27H24F3N9O/c1-40-25-21(22(16-6-7-16)32-14-33-25)23-36-20-10-11-34-39(20)26(37-23)31-12-15-2-4-17(5-3-15)24-35-19(27(28,29)30)13-38(24)18-8-9-18/h2-5,10-11,13-14,16,18H,6-9,12H2,1H3,(H,31,36,37). The van der Waals surface area contributed by atoms with Crippen molar-refractivity contribution in [1.29, 1.82) is 0 Å². The summed E-state index contributed by atoms with van der Waals surface area (Å²) in [5.74, 6) is 1.99. The van der Waals surface area contributed by atoms with E-state index in [1.54, 1.807) is 40.6 Å². The van der Waals surface area contributed by atoms with E-state index in [1.807, 2.05) is 12.1 Å². The molecule has 0 radical (unpaired) electrons. The molecule has 0 aliphatic heterocycles. The number of aromatic nitrogens is 8. The molecule has 4 heterocycles. The number of halogens is 3. The Kier molecular flexibility index (Phi) is 5.68. The summed E-state index contributed by atoms with van der Waals surface area (Å²) in [7, 11) is 1.56. The number of ether oxygens (including phenoxy) is 1. The summed E-state index contributed by atoms with van der Waals surface area (Å²) in [5, 5.41) is 7.67. The largest absolute Gasteiger partial charge is 0.480 e. The van der Waals surface area contributed by atoms with Crippen LogP contribution in [0.4, 0.5) is 19.1 Å². The van der Waals surface area contributed by atoms with Crippen molar-refractivity contribution < 1.29 is 17.9 Å². The van der Waals surface area contributed by atoms with Crippen molar-refractivity contribution in [2.75, 3.05) is 12.4 Å². The molecule has 40 heavy (non-hydrogen) atoms. The van der Waals surface area contributed by atoms with Crippen molar-refractivity contribution in [1.82, 2.24) is 39.1 Å². The van der Waals surface area contributed by atoms with Crippen LogP contribution in [0.15, 0.2) is 49.1 Å². The molecule has 2 fully saturated rings. The molecule has 1 N–H and O–H groups in total. The number of hydrogen-bond donors (Lipinski definition) is 1. The molecule has 0 amide bonds. The summed E-state index contributed by atoms with van der Waals surface area (Å²) in [4.78, 5) is 22.2. The number of nitrogens with one attached hydrogen (secondary N) is 1. The van der Waals surface area contributed by atoms with E-state index in [1.165, 1.54) is 6.33 Å². The molecule has 0 saturated heterocycles. The van der Waals surface area contributed by atoms with Crippen molar-refractivity contribution in [3.63, 3.8) is 0 Å². The lowest BCUT2D eigenvalue weighted by molar-refractivity contribution is -0.140. The molecule has 2 aliphatic rings. The predicted molar refractivity (Wildman–Crippen MR) is 139 cm³/mol. The normalized spacial score (nSPS) is 15.5. The molecule has 1 aromatic carbocycles. The van der Waals surface area contributed by atoms with Crippen LogP contribution in [0.5, 0.6) is 5.88 Å². The summed E-state index contributed by atoms with van der Waals surface area (Å²) in [6.45, 7) is 0.397. The average Bonchev–Trinajstić information content (AvgIpc) is 3.89. The van der Waals surface area contributed by atoms with E-state index in [0.717, 1.165) is 43.1 Å². The monoisotopic (exact) mass is 547 g/mol. The van der Waals surface area contributed by atoms with Crippen LogP contribution in [0.25, 0.3) is 28.4 Å². The van der Waals surface area contributed by atoms with Gasteiger partial charge in [-0.15, -0.1) is 0 Å². The van der Waals surface area contributed by atoms with Gasteiger partial charge in [-0.05, 0) is 31.2 Å². The second kappa shape index (κ2) is 9.28. The van der Waals surface area contributed by atoms with Crippen LogP contribution in [0.1, 0.15) is 54.6 Å². The number of alkyl halides is 3. The molecule has 4 aromatic heterocycles. The zero-order valence-electron chi connectivity index (χ0n) is 21.4. The maximum atomic E-state index is 13.3. The number of methoxy groups -OCH3 is 1. The van der Waals surface area contributed by atoms with Crippen LogP contribution in [-0.2, 0) is 12.7 Å². The third kappa shape index (κ3) is 4.50. The van der Waals surface area contributed by atoms with E-state index < -0.39 is 11.9 Å². The highest BCUT2D eigenvalue weighted by Crippen LogP contribution is 2.45. The number of benzene rings is 1. The topological polar surface area (TPSA) is 108 Å². The maximum absolute atomic E-state index is 13.3. The lowest BCUT2D eigenvalue weighted by Crippen LogP contribution is -2.11. The molecule has 10 nitrogen and oxygen atoms in total. The fourth-order valence-corrected chi connectivity index (χ4v) is 4.79. The lowest BCUT2D eigenvalue weighted by atomic mass is 10.1. The SMILES string of the molecule is COc1ncnc(C2CC2)c1-c1nc(NCc2ccc(-c3nc(C(F)(F)F)cn3C3CC3)cc2)n2nccc2n1. The van der Waals surface area contributed by atoms with E-state index in [2.05, 4.69) is 25.4 Å². The first-order chi connectivity index (χ1) is 19.4. The van der Waals surface area contributed by atoms with Gasteiger partial charge >= 0.3 is 6.18 Å². The van der Waals surface area contributed by atoms with Gasteiger partial charge in [0.15, 0.2) is 17.2 Å². The minimum Gasteiger partial charge on any atom is -0.480 e. The van der Waals surface area contributed by atoms with E-state index in [0.29, 0.717) is 52.7 Å². The van der Waals surface area contributed by atoms with E-state index in [4.69, 9.17) is 14.7 Å². The molecule has 7 rings (SSSR count). The lowest BCUT2D eigenvalue weighted by Gasteiger charge is -2.13. The Bertz CT molecular complexity index is 1700. The minimum absolute atomic E-state index is 0.0671. The van der Waals surface area contributed by atoms with Gasteiger partial charge in [0, 0.05) is 36.3 Å². The summed E-state index contributed by atoms with van der Waals surface area (Å²) >= 11 is 0. The van der Waals surface area contributed by atoms with Crippen molar-refractivity contribution in [2.24, 2.45) is 0 Å².